The fourth-order valence-electron chi connectivity index (χ4n) is 2.95. The monoisotopic (exact) mass is 232 g/mol. The zero-order chi connectivity index (χ0) is 12.1. The fourth-order valence-corrected chi connectivity index (χ4v) is 2.95. The summed E-state index contributed by atoms with van der Waals surface area (Å²) in [6.45, 7) is 2.13. The van der Waals surface area contributed by atoms with Crippen molar-refractivity contribution < 1.29 is 0 Å². The Kier molecular flexibility index (Phi) is 4.55. The molecule has 0 aliphatic heterocycles. The molecule has 1 aromatic rings. The molecule has 1 aliphatic carbocycles. The van der Waals surface area contributed by atoms with Crippen molar-refractivity contribution in [3.05, 3.63) is 29.6 Å². The van der Waals surface area contributed by atoms with Gasteiger partial charge in [0.05, 0.1) is 0 Å². The van der Waals surface area contributed by atoms with Crippen molar-refractivity contribution in [1.82, 2.24) is 4.98 Å². The summed E-state index contributed by atoms with van der Waals surface area (Å²) in [5.41, 5.74) is 8.85. The Balaban J connectivity index is 1.96. The average Bonchev–Trinajstić information content (AvgIpc) is 2.58. The Hall–Kier alpha value is -0.890. The van der Waals surface area contributed by atoms with Gasteiger partial charge in [0.2, 0.25) is 0 Å². The molecule has 1 fully saturated rings. The third kappa shape index (κ3) is 3.53. The first-order valence-electron chi connectivity index (χ1n) is 6.93. The van der Waals surface area contributed by atoms with Gasteiger partial charge in [-0.25, -0.2) is 0 Å². The standard InChI is InChI=1S/C15H24N2/c1-12-8-9-17-11-14(12)15(16)10-13-6-4-2-3-5-7-13/h8-9,11,13,15H,2-7,10,16H2,1H3. The average molecular weight is 232 g/mol. The molecular formula is C15H24N2. The number of hydrogen-bond acceptors (Lipinski definition) is 2. The van der Waals surface area contributed by atoms with E-state index in [1.807, 2.05) is 12.4 Å². The summed E-state index contributed by atoms with van der Waals surface area (Å²) in [4.78, 5) is 4.20. The van der Waals surface area contributed by atoms with Gasteiger partial charge >= 0.3 is 0 Å². The summed E-state index contributed by atoms with van der Waals surface area (Å²) in [6, 6.07) is 2.23. The van der Waals surface area contributed by atoms with Crippen LogP contribution in [0.5, 0.6) is 0 Å². The Morgan fingerprint density at radius 2 is 2.00 bits per heavy atom. The molecule has 0 bridgehead atoms. The Morgan fingerprint density at radius 1 is 1.29 bits per heavy atom. The molecule has 2 heteroatoms. The number of nitrogens with two attached hydrogens (primary N) is 1. The van der Waals surface area contributed by atoms with Crippen LogP contribution in [-0.2, 0) is 0 Å². The predicted molar refractivity (Wildman–Crippen MR) is 71.7 cm³/mol. The zero-order valence-electron chi connectivity index (χ0n) is 10.9. The van der Waals surface area contributed by atoms with Crippen molar-refractivity contribution in [3.63, 3.8) is 0 Å². The summed E-state index contributed by atoms with van der Waals surface area (Å²) in [5.74, 6) is 0.826. The van der Waals surface area contributed by atoms with E-state index in [2.05, 4.69) is 18.0 Å². The SMILES string of the molecule is Cc1ccncc1C(N)CC1CCCCCC1. The van der Waals surface area contributed by atoms with Gasteiger partial charge in [0.1, 0.15) is 0 Å². The van der Waals surface area contributed by atoms with Gasteiger partial charge < -0.3 is 5.73 Å². The second-order valence-corrected chi connectivity index (χ2v) is 5.43. The molecular weight excluding hydrogens is 208 g/mol. The van der Waals surface area contributed by atoms with Crippen molar-refractivity contribution in [3.8, 4) is 0 Å². The topological polar surface area (TPSA) is 38.9 Å². The molecule has 2 rings (SSSR count). The molecule has 94 valence electrons. The van der Waals surface area contributed by atoms with E-state index >= 15 is 0 Å². The number of rotatable bonds is 3. The lowest BCUT2D eigenvalue weighted by atomic mass is 9.89. The third-order valence-electron chi connectivity index (χ3n) is 4.04. The van der Waals surface area contributed by atoms with Gasteiger partial charge in [-0.15, -0.1) is 0 Å². The molecule has 1 aromatic heterocycles. The molecule has 17 heavy (non-hydrogen) atoms. The van der Waals surface area contributed by atoms with Gasteiger partial charge in [0.25, 0.3) is 0 Å². The van der Waals surface area contributed by atoms with Gasteiger partial charge in [-0.1, -0.05) is 38.5 Å². The highest BCUT2D eigenvalue weighted by molar-refractivity contribution is 5.24. The van der Waals surface area contributed by atoms with E-state index in [-0.39, 0.29) is 6.04 Å². The van der Waals surface area contributed by atoms with Crippen LogP contribution in [0, 0.1) is 12.8 Å². The molecule has 0 amide bonds. The number of aromatic nitrogens is 1. The first-order valence-corrected chi connectivity index (χ1v) is 6.93. The van der Waals surface area contributed by atoms with Crippen molar-refractivity contribution in [2.24, 2.45) is 11.7 Å². The summed E-state index contributed by atoms with van der Waals surface area (Å²) in [6.07, 6.45) is 13.3. The predicted octanol–water partition coefficient (Wildman–Crippen LogP) is 3.75. The molecule has 0 aromatic carbocycles. The number of nitrogens with zero attached hydrogens (tertiary/aromatic N) is 1. The number of aryl methyl sites for hydroxylation is 1. The molecule has 1 saturated carbocycles. The number of hydrogen-bond donors (Lipinski definition) is 1. The molecule has 2 nitrogen and oxygen atoms in total. The fraction of sp³-hybridized carbons (Fsp3) is 0.667. The van der Waals surface area contributed by atoms with Crippen LogP contribution >= 0.6 is 0 Å². The van der Waals surface area contributed by atoms with E-state index in [9.17, 15) is 0 Å². The summed E-state index contributed by atoms with van der Waals surface area (Å²) >= 11 is 0. The van der Waals surface area contributed by atoms with Gasteiger partial charge in [0.15, 0.2) is 0 Å². The first-order chi connectivity index (χ1) is 8.27. The van der Waals surface area contributed by atoms with Crippen LogP contribution in [0.25, 0.3) is 0 Å². The van der Waals surface area contributed by atoms with Crippen LogP contribution in [0.15, 0.2) is 18.5 Å². The summed E-state index contributed by atoms with van der Waals surface area (Å²) in [5, 5.41) is 0. The maximum atomic E-state index is 6.34. The Bertz CT molecular complexity index is 341. The Morgan fingerprint density at radius 3 is 2.65 bits per heavy atom. The molecule has 1 heterocycles. The van der Waals surface area contributed by atoms with Crippen LogP contribution in [0.3, 0.4) is 0 Å². The van der Waals surface area contributed by atoms with Gasteiger partial charge in [-0.05, 0) is 36.5 Å². The molecule has 2 N–H and O–H groups in total. The van der Waals surface area contributed by atoms with Gasteiger partial charge in [-0.2, -0.15) is 0 Å². The highest BCUT2D eigenvalue weighted by atomic mass is 14.7. The Labute approximate surface area is 105 Å². The minimum Gasteiger partial charge on any atom is -0.324 e. The largest absolute Gasteiger partial charge is 0.324 e. The lowest BCUT2D eigenvalue weighted by Gasteiger charge is -2.20. The van der Waals surface area contributed by atoms with Crippen molar-refractivity contribution in [1.29, 1.82) is 0 Å². The minimum absolute atomic E-state index is 0.173. The maximum Gasteiger partial charge on any atom is 0.0318 e. The van der Waals surface area contributed by atoms with Crippen LogP contribution in [0.2, 0.25) is 0 Å². The van der Waals surface area contributed by atoms with E-state index in [4.69, 9.17) is 5.73 Å². The van der Waals surface area contributed by atoms with Crippen LogP contribution in [-0.4, -0.2) is 4.98 Å². The molecule has 0 spiro atoms. The smallest absolute Gasteiger partial charge is 0.0318 e. The third-order valence-corrected chi connectivity index (χ3v) is 4.04. The summed E-state index contributed by atoms with van der Waals surface area (Å²) < 4.78 is 0. The lowest BCUT2D eigenvalue weighted by molar-refractivity contribution is 0.392. The van der Waals surface area contributed by atoms with Crippen molar-refractivity contribution in [2.75, 3.05) is 0 Å². The van der Waals surface area contributed by atoms with E-state index in [0.717, 1.165) is 12.3 Å². The first kappa shape index (κ1) is 12.6. The zero-order valence-corrected chi connectivity index (χ0v) is 10.9. The number of pyridine rings is 1. The maximum absolute atomic E-state index is 6.34. The molecule has 1 aliphatic rings. The van der Waals surface area contributed by atoms with Gasteiger partial charge in [-0.3, -0.25) is 4.98 Å². The van der Waals surface area contributed by atoms with Crippen LogP contribution < -0.4 is 5.73 Å². The van der Waals surface area contributed by atoms with Crippen LogP contribution in [0.4, 0.5) is 0 Å². The van der Waals surface area contributed by atoms with Gasteiger partial charge in [0, 0.05) is 18.4 Å². The second kappa shape index (κ2) is 6.15. The molecule has 0 radical (unpaired) electrons. The molecule has 1 unspecified atom stereocenters. The summed E-state index contributed by atoms with van der Waals surface area (Å²) in [7, 11) is 0. The highest BCUT2D eigenvalue weighted by Crippen LogP contribution is 2.30. The van der Waals surface area contributed by atoms with E-state index in [1.54, 1.807) is 0 Å². The van der Waals surface area contributed by atoms with E-state index < -0.39 is 0 Å². The quantitative estimate of drug-likeness (QED) is 0.806. The second-order valence-electron chi connectivity index (χ2n) is 5.43. The normalized spacial score (nSPS) is 19.9. The highest BCUT2D eigenvalue weighted by Gasteiger charge is 2.17. The van der Waals surface area contributed by atoms with Crippen molar-refractivity contribution in [2.45, 2.75) is 57.9 Å². The lowest BCUT2D eigenvalue weighted by Crippen LogP contribution is -2.16. The molecule has 0 saturated heterocycles. The van der Waals surface area contributed by atoms with Crippen LogP contribution in [0.1, 0.15) is 62.1 Å². The minimum atomic E-state index is 0.173. The molecule has 1 atom stereocenters. The van der Waals surface area contributed by atoms with E-state index in [0.29, 0.717) is 0 Å². The van der Waals surface area contributed by atoms with E-state index in [1.165, 1.54) is 49.7 Å². The van der Waals surface area contributed by atoms with Crippen molar-refractivity contribution >= 4 is 0 Å².